The molecule has 24 heavy (non-hydrogen) atoms. The lowest BCUT2D eigenvalue weighted by Crippen LogP contribution is -2.30. The van der Waals surface area contributed by atoms with Crippen molar-refractivity contribution in [3.05, 3.63) is 47.5 Å². The van der Waals surface area contributed by atoms with Gasteiger partial charge in [-0.3, -0.25) is 4.79 Å². The van der Waals surface area contributed by atoms with E-state index in [-0.39, 0.29) is 5.91 Å². The molecule has 0 saturated heterocycles. The summed E-state index contributed by atoms with van der Waals surface area (Å²) in [5, 5.41) is 3.26. The second-order valence-corrected chi connectivity index (χ2v) is 5.43. The Labute approximate surface area is 146 Å². The Morgan fingerprint density at radius 3 is 2.46 bits per heavy atom. The molecular weight excluding hydrogens is 330 g/mol. The normalized spacial score (nSPS) is 11.5. The highest BCUT2D eigenvalue weighted by Crippen LogP contribution is 2.28. The minimum absolute atomic E-state index is 0.301. The van der Waals surface area contributed by atoms with Crippen molar-refractivity contribution in [2.75, 3.05) is 19.0 Å². The van der Waals surface area contributed by atoms with Crippen LogP contribution in [0.1, 0.15) is 13.8 Å². The van der Waals surface area contributed by atoms with Gasteiger partial charge in [0, 0.05) is 5.02 Å². The number of carbonyl (C=O) groups excluding carboxylic acids is 1. The molecule has 6 heteroatoms. The Hall–Kier alpha value is -2.40. The first-order valence-electron chi connectivity index (χ1n) is 7.57. The van der Waals surface area contributed by atoms with Crippen LogP contribution in [0, 0.1) is 0 Å². The summed E-state index contributed by atoms with van der Waals surface area (Å²) < 4.78 is 16.2. The summed E-state index contributed by atoms with van der Waals surface area (Å²) in [6, 6.07) is 12.1. The van der Waals surface area contributed by atoms with Crippen molar-refractivity contribution in [2.24, 2.45) is 0 Å². The van der Waals surface area contributed by atoms with Crippen LogP contribution in [-0.4, -0.2) is 25.7 Å². The number of amides is 1. The minimum Gasteiger partial charge on any atom is -0.495 e. The van der Waals surface area contributed by atoms with Crippen LogP contribution in [-0.2, 0) is 4.79 Å². The van der Waals surface area contributed by atoms with Gasteiger partial charge in [0.25, 0.3) is 5.91 Å². The maximum absolute atomic E-state index is 12.3. The summed E-state index contributed by atoms with van der Waals surface area (Å²) in [5.41, 5.74) is 0.497. The SMILES string of the molecule is CCOc1ccc(OC(C)C(=O)Nc2cc(Cl)ccc2OC)cc1. The molecule has 0 bridgehead atoms. The molecule has 0 fully saturated rings. The topological polar surface area (TPSA) is 56.8 Å². The zero-order chi connectivity index (χ0) is 17.5. The van der Waals surface area contributed by atoms with Gasteiger partial charge in [-0.05, 0) is 56.3 Å². The van der Waals surface area contributed by atoms with Gasteiger partial charge in [0.15, 0.2) is 6.10 Å². The molecule has 1 amide bonds. The van der Waals surface area contributed by atoms with Gasteiger partial charge in [-0.25, -0.2) is 0 Å². The van der Waals surface area contributed by atoms with Crippen LogP contribution < -0.4 is 19.5 Å². The van der Waals surface area contributed by atoms with E-state index in [2.05, 4.69) is 5.32 Å². The number of hydrogen-bond acceptors (Lipinski definition) is 4. The number of hydrogen-bond donors (Lipinski definition) is 1. The van der Waals surface area contributed by atoms with Crippen molar-refractivity contribution in [1.82, 2.24) is 0 Å². The van der Waals surface area contributed by atoms with E-state index in [1.807, 2.05) is 6.92 Å². The van der Waals surface area contributed by atoms with Crippen LogP contribution >= 0.6 is 11.6 Å². The number of ether oxygens (including phenoxy) is 3. The molecule has 5 nitrogen and oxygen atoms in total. The Morgan fingerprint density at radius 1 is 1.17 bits per heavy atom. The van der Waals surface area contributed by atoms with Crippen molar-refractivity contribution in [1.29, 1.82) is 0 Å². The van der Waals surface area contributed by atoms with Crippen molar-refractivity contribution in [3.63, 3.8) is 0 Å². The van der Waals surface area contributed by atoms with Crippen LogP contribution in [0.2, 0.25) is 5.02 Å². The average Bonchev–Trinajstić information content (AvgIpc) is 2.57. The monoisotopic (exact) mass is 349 g/mol. The van der Waals surface area contributed by atoms with Gasteiger partial charge in [-0.15, -0.1) is 0 Å². The largest absolute Gasteiger partial charge is 0.495 e. The summed E-state index contributed by atoms with van der Waals surface area (Å²) in [6.07, 6.45) is -0.688. The average molecular weight is 350 g/mol. The van der Waals surface area contributed by atoms with E-state index < -0.39 is 6.10 Å². The molecule has 1 atom stereocenters. The van der Waals surface area contributed by atoms with E-state index in [0.717, 1.165) is 5.75 Å². The Bertz CT molecular complexity index is 688. The van der Waals surface area contributed by atoms with Crippen molar-refractivity contribution in [3.8, 4) is 17.2 Å². The zero-order valence-electron chi connectivity index (χ0n) is 13.8. The highest BCUT2D eigenvalue weighted by Gasteiger charge is 2.17. The van der Waals surface area contributed by atoms with Crippen molar-refractivity contribution >= 4 is 23.2 Å². The smallest absolute Gasteiger partial charge is 0.265 e. The summed E-state index contributed by atoms with van der Waals surface area (Å²) in [5.74, 6) is 1.57. The molecule has 128 valence electrons. The summed E-state index contributed by atoms with van der Waals surface area (Å²) in [6.45, 7) is 4.18. The third-order valence-corrected chi connectivity index (χ3v) is 3.47. The number of anilines is 1. The standard InChI is InChI=1S/C18H20ClNO4/c1-4-23-14-6-8-15(9-7-14)24-12(2)18(21)20-16-11-13(19)5-10-17(16)22-3/h5-12H,4H2,1-3H3,(H,20,21). The van der Waals surface area contributed by atoms with Gasteiger partial charge in [0.1, 0.15) is 17.2 Å². The fraction of sp³-hybridized carbons (Fsp3) is 0.278. The van der Waals surface area contributed by atoms with Crippen LogP contribution in [0.25, 0.3) is 0 Å². The maximum atomic E-state index is 12.3. The summed E-state index contributed by atoms with van der Waals surface area (Å²) >= 11 is 5.96. The predicted octanol–water partition coefficient (Wildman–Crippen LogP) is 4.15. The molecule has 0 radical (unpaired) electrons. The number of halogens is 1. The van der Waals surface area contributed by atoms with Gasteiger partial charge < -0.3 is 19.5 Å². The van der Waals surface area contributed by atoms with Gasteiger partial charge in [-0.2, -0.15) is 0 Å². The van der Waals surface area contributed by atoms with Crippen LogP contribution in [0.15, 0.2) is 42.5 Å². The molecule has 2 rings (SSSR count). The molecule has 2 aromatic rings. The lowest BCUT2D eigenvalue weighted by atomic mass is 10.2. The van der Waals surface area contributed by atoms with E-state index in [1.165, 1.54) is 7.11 Å². The van der Waals surface area contributed by atoms with Gasteiger partial charge >= 0.3 is 0 Å². The third-order valence-electron chi connectivity index (χ3n) is 3.24. The molecule has 0 heterocycles. The summed E-state index contributed by atoms with van der Waals surface area (Å²) in [7, 11) is 1.53. The van der Waals surface area contributed by atoms with E-state index in [1.54, 1.807) is 49.4 Å². The van der Waals surface area contributed by atoms with Crippen molar-refractivity contribution in [2.45, 2.75) is 20.0 Å². The maximum Gasteiger partial charge on any atom is 0.265 e. The Morgan fingerprint density at radius 2 is 1.83 bits per heavy atom. The molecule has 0 spiro atoms. The molecular formula is C18H20ClNO4. The molecule has 2 aromatic carbocycles. The molecule has 1 N–H and O–H groups in total. The molecule has 0 saturated carbocycles. The van der Waals surface area contributed by atoms with Crippen LogP contribution in [0.4, 0.5) is 5.69 Å². The third kappa shape index (κ3) is 4.80. The van der Waals surface area contributed by atoms with E-state index in [0.29, 0.717) is 28.8 Å². The molecule has 0 aliphatic heterocycles. The van der Waals surface area contributed by atoms with Gasteiger partial charge in [0.05, 0.1) is 19.4 Å². The lowest BCUT2D eigenvalue weighted by molar-refractivity contribution is -0.122. The first-order chi connectivity index (χ1) is 11.5. The first-order valence-corrected chi connectivity index (χ1v) is 7.95. The number of methoxy groups -OCH3 is 1. The molecule has 0 aromatic heterocycles. The lowest BCUT2D eigenvalue weighted by Gasteiger charge is -2.16. The number of rotatable bonds is 7. The van der Waals surface area contributed by atoms with E-state index in [9.17, 15) is 4.79 Å². The molecule has 1 unspecified atom stereocenters. The fourth-order valence-electron chi connectivity index (χ4n) is 2.05. The minimum atomic E-state index is -0.688. The second-order valence-electron chi connectivity index (χ2n) is 5.00. The van der Waals surface area contributed by atoms with E-state index >= 15 is 0 Å². The fourth-order valence-corrected chi connectivity index (χ4v) is 2.22. The number of carbonyl (C=O) groups is 1. The van der Waals surface area contributed by atoms with Crippen LogP contribution in [0.3, 0.4) is 0 Å². The zero-order valence-corrected chi connectivity index (χ0v) is 14.6. The summed E-state index contributed by atoms with van der Waals surface area (Å²) in [4.78, 5) is 12.3. The van der Waals surface area contributed by atoms with E-state index in [4.69, 9.17) is 25.8 Å². The van der Waals surface area contributed by atoms with Gasteiger partial charge in [0.2, 0.25) is 0 Å². The van der Waals surface area contributed by atoms with Crippen molar-refractivity contribution < 1.29 is 19.0 Å². The first kappa shape index (κ1) is 17.9. The second kappa shape index (κ2) is 8.45. The highest BCUT2D eigenvalue weighted by molar-refractivity contribution is 6.31. The predicted molar refractivity (Wildman–Crippen MR) is 94.3 cm³/mol. The number of nitrogens with one attached hydrogen (secondary N) is 1. The quantitative estimate of drug-likeness (QED) is 0.815. The Balaban J connectivity index is 2.00. The Kier molecular flexibility index (Phi) is 6.32. The number of benzene rings is 2. The highest BCUT2D eigenvalue weighted by atomic mass is 35.5. The van der Waals surface area contributed by atoms with Gasteiger partial charge in [-0.1, -0.05) is 11.6 Å². The van der Waals surface area contributed by atoms with Crippen LogP contribution in [0.5, 0.6) is 17.2 Å². The molecule has 0 aliphatic rings. The molecule has 0 aliphatic carbocycles.